The number of nitrogens with zero attached hydrogens (tertiary/aromatic N) is 5. The summed E-state index contributed by atoms with van der Waals surface area (Å²) in [6.45, 7) is 3.88. The molecular weight excluding hydrogens is 434 g/mol. The predicted molar refractivity (Wildman–Crippen MR) is 130 cm³/mol. The maximum atomic E-state index is 13.0. The fourth-order valence-corrected chi connectivity index (χ4v) is 4.60. The van der Waals surface area contributed by atoms with Crippen LogP contribution in [0, 0.1) is 0 Å². The lowest BCUT2D eigenvalue weighted by Crippen LogP contribution is -2.36. The predicted octanol–water partition coefficient (Wildman–Crippen LogP) is 4.10. The molecule has 4 aromatic rings. The molecule has 0 bridgehead atoms. The van der Waals surface area contributed by atoms with E-state index in [0.717, 1.165) is 48.1 Å². The number of morpholine rings is 1. The van der Waals surface area contributed by atoms with Crippen LogP contribution in [0.15, 0.2) is 72.4 Å². The Kier molecular flexibility index (Phi) is 6.19. The monoisotopic (exact) mass is 459 g/mol. The van der Waals surface area contributed by atoms with E-state index >= 15 is 0 Å². The maximum absolute atomic E-state index is 13.0. The van der Waals surface area contributed by atoms with Crippen molar-refractivity contribution in [3.05, 3.63) is 83.6 Å². The lowest BCUT2D eigenvalue weighted by Gasteiger charge is -2.29. The summed E-state index contributed by atoms with van der Waals surface area (Å²) < 4.78 is 7.23. The van der Waals surface area contributed by atoms with E-state index in [2.05, 4.69) is 39.2 Å². The molecule has 168 valence electrons. The molecule has 3 heterocycles. The topological polar surface area (TPSA) is 63.5 Å². The Hall–Kier alpha value is -3.49. The van der Waals surface area contributed by atoms with Gasteiger partial charge in [-0.25, -0.2) is 9.67 Å². The first-order valence-corrected chi connectivity index (χ1v) is 11.8. The van der Waals surface area contributed by atoms with Gasteiger partial charge in [-0.15, -0.1) is 11.3 Å². The molecule has 0 radical (unpaired) electrons. The number of hydrogen-bond donors (Lipinski definition) is 0. The van der Waals surface area contributed by atoms with Gasteiger partial charge in [0, 0.05) is 49.5 Å². The number of rotatable bonds is 6. The molecule has 1 saturated heterocycles. The second-order valence-electron chi connectivity index (χ2n) is 7.97. The van der Waals surface area contributed by atoms with E-state index in [4.69, 9.17) is 4.74 Å². The van der Waals surface area contributed by atoms with Crippen LogP contribution in [0.2, 0.25) is 0 Å². The van der Waals surface area contributed by atoms with Crippen molar-refractivity contribution >= 4 is 22.9 Å². The van der Waals surface area contributed by atoms with Crippen LogP contribution in [-0.2, 0) is 11.3 Å². The molecule has 1 amide bonds. The Morgan fingerprint density at radius 2 is 1.82 bits per heavy atom. The van der Waals surface area contributed by atoms with Gasteiger partial charge in [0.25, 0.3) is 5.91 Å². The van der Waals surface area contributed by atoms with Gasteiger partial charge in [-0.2, -0.15) is 5.10 Å². The summed E-state index contributed by atoms with van der Waals surface area (Å²) in [7, 11) is 1.81. The molecule has 7 nitrogen and oxygen atoms in total. The van der Waals surface area contributed by atoms with Crippen LogP contribution in [-0.4, -0.2) is 58.9 Å². The van der Waals surface area contributed by atoms with Crippen LogP contribution in [0.5, 0.6) is 0 Å². The van der Waals surface area contributed by atoms with E-state index in [0.29, 0.717) is 12.2 Å². The first-order valence-electron chi connectivity index (χ1n) is 10.9. The van der Waals surface area contributed by atoms with Crippen molar-refractivity contribution in [1.82, 2.24) is 19.7 Å². The minimum atomic E-state index is -0.0924. The summed E-state index contributed by atoms with van der Waals surface area (Å²) in [5.74, 6) is -0.0924. The SMILES string of the molecule is CN(Cc1ccc(N2CCOCC2)cc1)C(=O)c1csc(-c2cnn(-c3ccccc3)c2)n1. The van der Waals surface area contributed by atoms with Gasteiger partial charge in [0.05, 0.1) is 25.1 Å². The molecule has 1 fully saturated rings. The summed E-state index contributed by atoms with van der Waals surface area (Å²) in [6.07, 6.45) is 3.71. The van der Waals surface area contributed by atoms with E-state index in [9.17, 15) is 4.79 Å². The van der Waals surface area contributed by atoms with Crippen LogP contribution in [0.1, 0.15) is 16.1 Å². The first-order chi connectivity index (χ1) is 16.2. The summed E-state index contributed by atoms with van der Waals surface area (Å²) in [6, 6.07) is 18.3. The number of hydrogen-bond acceptors (Lipinski definition) is 6. The van der Waals surface area contributed by atoms with Crippen LogP contribution < -0.4 is 4.90 Å². The fourth-order valence-electron chi connectivity index (χ4n) is 3.83. The van der Waals surface area contributed by atoms with Gasteiger partial charge in [-0.1, -0.05) is 30.3 Å². The highest BCUT2D eigenvalue weighted by molar-refractivity contribution is 7.13. The smallest absolute Gasteiger partial charge is 0.273 e. The third-order valence-electron chi connectivity index (χ3n) is 5.65. The quantitative estimate of drug-likeness (QED) is 0.434. The molecule has 8 heteroatoms. The first kappa shape index (κ1) is 21.4. The molecule has 0 spiro atoms. The van der Waals surface area contributed by atoms with E-state index < -0.39 is 0 Å². The number of aromatic nitrogens is 3. The molecule has 0 atom stereocenters. The van der Waals surface area contributed by atoms with E-state index in [1.165, 1.54) is 17.0 Å². The largest absolute Gasteiger partial charge is 0.378 e. The summed E-state index contributed by atoms with van der Waals surface area (Å²) >= 11 is 1.45. The highest BCUT2D eigenvalue weighted by Crippen LogP contribution is 2.25. The molecule has 0 aliphatic carbocycles. The number of carbonyl (C=O) groups is 1. The van der Waals surface area contributed by atoms with Gasteiger partial charge in [-0.05, 0) is 29.8 Å². The average molecular weight is 460 g/mol. The van der Waals surface area contributed by atoms with Crippen LogP contribution in [0.25, 0.3) is 16.3 Å². The van der Waals surface area contributed by atoms with Crippen molar-refractivity contribution in [2.24, 2.45) is 0 Å². The average Bonchev–Trinajstić information content (AvgIpc) is 3.55. The van der Waals surface area contributed by atoms with Crippen molar-refractivity contribution in [3.63, 3.8) is 0 Å². The minimum absolute atomic E-state index is 0.0924. The molecule has 1 aliphatic heterocycles. The molecule has 0 N–H and O–H groups in total. The third-order valence-corrected chi connectivity index (χ3v) is 6.54. The molecule has 2 aromatic carbocycles. The van der Waals surface area contributed by atoms with E-state index in [1.54, 1.807) is 11.1 Å². The molecule has 2 aromatic heterocycles. The van der Waals surface area contributed by atoms with Gasteiger partial charge >= 0.3 is 0 Å². The van der Waals surface area contributed by atoms with Crippen LogP contribution in [0.4, 0.5) is 5.69 Å². The van der Waals surface area contributed by atoms with Gasteiger partial charge in [0.2, 0.25) is 0 Å². The number of benzene rings is 2. The van der Waals surface area contributed by atoms with Crippen molar-refractivity contribution in [3.8, 4) is 16.3 Å². The third kappa shape index (κ3) is 4.81. The van der Waals surface area contributed by atoms with Crippen LogP contribution in [0.3, 0.4) is 0 Å². The van der Waals surface area contributed by atoms with Crippen molar-refractivity contribution in [1.29, 1.82) is 0 Å². The molecule has 5 rings (SSSR count). The van der Waals surface area contributed by atoms with Crippen LogP contribution >= 0.6 is 11.3 Å². The number of carbonyl (C=O) groups excluding carboxylic acids is 1. The number of anilines is 1. The minimum Gasteiger partial charge on any atom is -0.378 e. The molecule has 0 saturated carbocycles. The Labute approximate surface area is 196 Å². The number of amides is 1. The van der Waals surface area contributed by atoms with E-state index in [1.807, 2.05) is 53.6 Å². The Morgan fingerprint density at radius 1 is 1.06 bits per heavy atom. The van der Waals surface area contributed by atoms with Gasteiger partial charge in [-0.3, -0.25) is 4.79 Å². The standard InChI is InChI=1S/C25H25N5O2S/c1-28(16-19-7-9-21(10-8-19)29-11-13-32-14-12-29)25(31)23-18-33-24(27-23)20-15-26-30(17-20)22-5-3-2-4-6-22/h2-10,15,17-18H,11-14,16H2,1H3. The zero-order chi connectivity index (χ0) is 22.6. The highest BCUT2D eigenvalue weighted by Gasteiger charge is 2.18. The Balaban J connectivity index is 1.23. The summed E-state index contributed by atoms with van der Waals surface area (Å²) in [5, 5.41) is 7.02. The second-order valence-corrected chi connectivity index (χ2v) is 8.83. The van der Waals surface area contributed by atoms with Gasteiger partial charge < -0.3 is 14.5 Å². The molecule has 0 unspecified atom stereocenters. The maximum Gasteiger partial charge on any atom is 0.273 e. The lowest BCUT2D eigenvalue weighted by atomic mass is 10.1. The Bertz CT molecular complexity index is 1210. The summed E-state index contributed by atoms with van der Waals surface area (Å²) in [4.78, 5) is 21.6. The van der Waals surface area contributed by atoms with E-state index in [-0.39, 0.29) is 5.91 Å². The zero-order valence-electron chi connectivity index (χ0n) is 18.4. The number of para-hydroxylation sites is 1. The van der Waals surface area contributed by atoms with Crippen molar-refractivity contribution < 1.29 is 9.53 Å². The molecule has 33 heavy (non-hydrogen) atoms. The molecular formula is C25H25N5O2S. The number of thiazole rings is 1. The lowest BCUT2D eigenvalue weighted by molar-refractivity contribution is 0.0780. The summed E-state index contributed by atoms with van der Waals surface area (Å²) in [5.41, 5.74) is 4.61. The Morgan fingerprint density at radius 3 is 2.58 bits per heavy atom. The zero-order valence-corrected chi connectivity index (χ0v) is 19.2. The van der Waals surface area contributed by atoms with Crippen molar-refractivity contribution in [2.45, 2.75) is 6.54 Å². The number of ether oxygens (including phenoxy) is 1. The van der Waals surface area contributed by atoms with Crippen molar-refractivity contribution in [2.75, 3.05) is 38.3 Å². The normalized spacial score (nSPS) is 13.8. The second kappa shape index (κ2) is 9.56. The van der Waals surface area contributed by atoms with Gasteiger partial charge in [0.1, 0.15) is 10.7 Å². The highest BCUT2D eigenvalue weighted by atomic mass is 32.1. The van der Waals surface area contributed by atoms with Gasteiger partial charge in [0.15, 0.2) is 0 Å². The molecule has 1 aliphatic rings. The fraction of sp³-hybridized carbons (Fsp3) is 0.240.